The van der Waals surface area contributed by atoms with Crippen LogP contribution in [0.4, 0.5) is 0 Å². The molecule has 0 aliphatic carbocycles. The molecule has 0 radical (unpaired) electrons. The van der Waals surface area contributed by atoms with Crippen LogP contribution in [0.3, 0.4) is 0 Å². The lowest BCUT2D eigenvalue weighted by molar-refractivity contribution is 0.663. The third-order valence-electron chi connectivity index (χ3n) is 1.49. The molecule has 0 aliphatic rings. The van der Waals surface area contributed by atoms with Gasteiger partial charge in [0.2, 0.25) is 0 Å². The Morgan fingerprint density at radius 2 is 2.17 bits per heavy atom. The van der Waals surface area contributed by atoms with E-state index in [4.69, 9.17) is 5.73 Å². The number of rotatable bonds is 3. The Hall–Kier alpha value is -1.22. The lowest BCUT2D eigenvalue weighted by Crippen LogP contribution is -2.13. The Morgan fingerprint density at radius 3 is 2.67 bits per heavy atom. The Kier molecular flexibility index (Phi) is 2.94. The van der Waals surface area contributed by atoms with Gasteiger partial charge >= 0.3 is 0 Å². The molecule has 0 bridgehead atoms. The van der Waals surface area contributed by atoms with E-state index in [-0.39, 0.29) is 6.04 Å². The van der Waals surface area contributed by atoms with E-state index < -0.39 is 0 Å². The maximum atomic E-state index is 5.81. The molecule has 1 heterocycles. The molecule has 2 N–H and O–H groups in total. The molecule has 12 heavy (non-hydrogen) atoms. The fourth-order valence-corrected chi connectivity index (χ4v) is 0.969. The zero-order chi connectivity index (χ0) is 8.97. The van der Waals surface area contributed by atoms with E-state index >= 15 is 0 Å². The van der Waals surface area contributed by atoms with Gasteiger partial charge in [-0.3, -0.25) is 0 Å². The van der Waals surface area contributed by atoms with E-state index in [9.17, 15) is 0 Å². The van der Waals surface area contributed by atoms with Gasteiger partial charge in [0.15, 0.2) is 0 Å². The molecule has 1 aromatic heterocycles. The summed E-state index contributed by atoms with van der Waals surface area (Å²) in [6.07, 6.45) is 4.13. The van der Waals surface area contributed by atoms with E-state index in [1.165, 1.54) is 0 Å². The van der Waals surface area contributed by atoms with Crippen LogP contribution in [-0.2, 0) is 0 Å². The van der Waals surface area contributed by atoms with Gasteiger partial charge in [-0.25, -0.2) is 9.97 Å². The minimum atomic E-state index is -0.122. The first kappa shape index (κ1) is 8.87. The van der Waals surface area contributed by atoms with Crippen LogP contribution in [0.5, 0.6) is 0 Å². The first-order valence-corrected chi connectivity index (χ1v) is 3.87. The Morgan fingerprint density at radius 1 is 1.58 bits per heavy atom. The molecule has 1 rings (SSSR count). The third-order valence-corrected chi connectivity index (χ3v) is 1.49. The van der Waals surface area contributed by atoms with Crippen molar-refractivity contribution in [2.45, 2.75) is 19.4 Å². The van der Waals surface area contributed by atoms with Crippen molar-refractivity contribution in [1.82, 2.24) is 9.97 Å². The molecule has 3 nitrogen and oxygen atoms in total. The van der Waals surface area contributed by atoms with Crippen molar-refractivity contribution < 1.29 is 0 Å². The summed E-state index contributed by atoms with van der Waals surface area (Å²) in [5.41, 5.74) is 6.86. The fraction of sp³-hybridized carbons (Fsp3) is 0.333. The van der Waals surface area contributed by atoms with Gasteiger partial charge in [0.1, 0.15) is 5.82 Å². The number of nitrogens with two attached hydrogens (primary N) is 1. The van der Waals surface area contributed by atoms with Gasteiger partial charge in [-0.1, -0.05) is 5.57 Å². The number of nitrogens with zero attached hydrogens (tertiary/aromatic N) is 2. The van der Waals surface area contributed by atoms with Crippen molar-refractivity contribution in [1.29, 1.82) is 0 Å². The van der Waals surface area contributed by atoms with Crippen molar-refractivity contribution in [3.05, 3.63) is 36.4 Å². The van der Waals surface area contributed by atoms with Gasteiger partial charge in [-0.2, -0.15) is 0 Å². The number of hydrogen-bond donors (Lipinski definition) is 1. The summed E-state index contributed by atoms with van der Waals surface area (Å²) in [4.78, 5) is 8.11. The van der Waals surface area contributed by atoms with Crippen LogP contribution in [-0.4, -0.2) is 9.97 Å². The highest BCUT2D eigenvalue weighted by atomic mass is 14.9. The Bertz CT molecular complexity index is 256. The molecule has 1 atom stereocenters. The maximum Gasteiger partial charge on any atom is 0.145 e. The molecule has 3 heteroatoms. The molecule has 0 saturated heterocycles. The van der Waals surface area contributed by atoms with Gasteiger partial charge in [0.05, 0.1) is 6.04 Å². The van der Waals surface area contributed by atoms with Crippen LogP contribution in [0.1, 0.15) is 25.2 Å². The third kappa shape index (κ3) is 2.43. The number of aromatic nitrogens is 2. The van der Waals surface area contributed by atoms with Crippen molar-refractivity contribution in [2.75, 3.05) is 0 Å². The van der Waals surface area contributed by atoms with Crippen molar-refractivity contribution >= 4 is 0 Å². The Balaban J connectivity index is 2.65. The van der Waals surface area contributed by atoms with Gasteiger partial charge < -0.3 is 5.73 Å². The molecular weight excluding hydrogens is 150 g/mol. The van der Waals surface area contributed by atoms with Crippen LogP contribution in [0, 0.1) is 0 Å². The summed E-state index contributed by atoms with van der Waals surface area (Å²) >= 11 is 0. The second-order valence-electron chi connectivity index (χ2n) is 2.87. The average molecular weight is 163 g/mol. The minimum absolute atomic E-state index is 0.122. The van der Waals surface area contributed by atoms with Gasteiger partial charge in [0, 0.05) is 12.4 Å². The molecule has 0 spiro atoms. The van der Waals surface area contributed by atoms with Gasteiger partial charge in [-0.05, 0) is 19.4 Å². The standard InChI is InChI=1S/C9H13N3/c1-7(2)6-8(10)9-11-4-3-5-12-9/h3-5,8H,1,6,10H2,2H3. The SMILES string of the molecule is C=C(C)CC(N)c1ncccn1. The first-order valence-electron chi connectivity index (χ1n) is 3.87. The smallest absolute Gasteiger partial charge is 0.145 e. The quantitative estimate of drug-likeness (QED) is 0.686. The summed E-state index contributed by atoms with van der Waals surface area (Å²) in [5, 5.41) is 0. The van der Waals surface area contributed by atoms with E-state index in [2.05, 4.69) is 16.5 Å². The van der Waals surface area contributed by atoms with Crippen molar-refractivity contribution in [3.8, 4) is 0 Å². The molecule has 0 aliphatic heterocycles. The van der Waals surface area contributed by atoms with E-state index in [1.54, 1.807) is 18.5 Å². The van der Waals surface area contributed by atoms with Crippen molar-refractivity contribution in [2.24, 2.45) is 5.73 Å². The monoisotopic (exact) mass is 163 g/mol. The summed E-state index contributed by atoms with van der Waals surface area (Å²) < 4.78 is 0. The summed E-state index contributed by atoms with van der Waals surface area (Å²) in [5.74, 6) is 0.681. The average Bonchev–Trinajstić information content (AvgIpc) is 2.05. The molecule has 0 saturated carbocycles. The van der Waals surface area contributed by atoms with Crippen LogP contribution in [0.15, 0.2) is 30.6 Å². The molecular formula is C9H13N3. The number of hydrogen-bond acceptors (Lipinski definition) is 3. The molecule has 1 aromatic rings. The van der Waals surface area contributed by atoms with Crippen LogP contribution < -0.4 is 5.73 Å². The molecule has 1 unspecified atom stereocenters. The molecule has 64 valence electrons. The Labute approximate surface area is 72.3 Å². The highest BCUT2D eigenvalue weighted by Crippen LogP contribution is 2.12. The van der Waals surface area contributed by atoms with Gasteiger partial charge in [0.25, 0.3) is 0 Å². The zero-order valence-corrected chi connectivity index (χ0v) is 7.20. The van der Waals surface area contributed by atoms with Crippen LogP contribution in [0.25, 0.3) is 0 Å². The molecule has 0 amide bonds. The highest BCUT2D eigenvalue weighted by molar-refractivity contribution is 5.01. The second-order valence-corrected chi connectivity index (χ2v) is 2.87. The fourth-order valence-electron chi connectivity index (χ4n) is 0.969. The first-order chi connectivity index (χ1) is 5.70. The van der Waals surface area contributed by atoms with Crippen LogP contribution >= 0.6 is 0 Å². The highest BCUT2D eigenvalue weighted by Gasteiger charge is 2.07. The summed E-state index contributed by atoms with van der Waals surface area (Å²) in [6, 6.07) is 1.65. The maximum absolute atomic E-state index is 5.81. The van der Waals surface area contributed by atoms with Gasteiger partial charge in [-0.15, -0.1) is 6.58 Å². The summed E-state index contributed by atoms with van der Waals surface area (Å²) in [7, 11) is 0. The van der Waals surface area contributed by atoms with E-state index in [0.717, 1.165) is 12.0 Å². The summed E-state index contributed by atoms with van der Waals surface area (Å²) in [6.45, 7) is 5.73. The van der Waals surface area contributed by atoms with E-state index in [1.807, 2.05) is 6.92 Å². The lowest BCUT2D eigenvalue weighted by atomic mass is 10.1. The minimum Gasteiger partial charge on any atom is -0.321 e. The topological polar surface area (TPSA) is 51.8 Å². The predicted molar refractivity (Wildman–Crippen MR) is 48.4 cm³/mol. The molecule has 0 aromatic carbocycles. The largest absolute Gasteiger partial charge is 0.321 e. The van der Waals surface area contributed by atoms with Crippen LogP contribution in [0.2, 0.25) is 0 Å². The molecule has 0 fully saturated rings. The zero-order valence-electron chi connectivity index (χ0n) is 7.20. The second kappa shape index (κ2) is 3.97. The van der Waals surface area contributed by atoms with Crippen molar-refractivity contribution in [3.63, 3.8) is 0 Å². The normalized spacial score (nSPS) is 12.5. The lowest BCUT2D eigenvalue weighted by Gasteiger charge is -2.08. The predicted octanol–water partition coefficient (Wildman–Crippen LogP) is 1.44. The van der Waals surface area contributed by atoms with E-state index in [0.29, 0.717) is 5.82 Å².